The van der Waals surface area contributed by atoms with E-state index in [1.54, 1.807) is 13.0 Å². The van der Waals surface area contributed by atoms with Gasteiger partial charge >= 0.3 is 0 Å². The molecule has 1 radical (unpaired) electrons. The minimum Gasteiger partial charge on any atom is -0.246 e. The van der Waals surface area contributed by atoms with Gasteiger partial charge in [0.25, 0.3) is 0 Å². The van der Waals surface area contributed by atoms with Gasteiger partial charge in [-0.2, -0.15) is 0 Å². The molecule has 0 N–H and O–H groups in total. The summed E-state index contributed by atoms with van der Waals surface area (Å²) in [5.41, 5.74) is 0.773. The quantitative estimate of drug-likeness (QED) is 0.467. The number of rotatable bonds is 2. The molecule has 0 aliphatic heterocycles. The highest BCUT2D eigenvalue weighted by Gasteiger charge is 1.80. The first-order chi connectivity index (χ1) is 3.31. The summed E-state index contributed by atoms with van der Waals surface area (Å²) in [6.07, 6.45) is 2.47. The Hall–Kier alpha value is -0.330. The van der Waals surface area contributed by atoms with E-state index >= 15 is 0 Å². The lowest BCUT2D eigenvalue weighted by Gasteiger charge is -1.85. The van der Waals surface area contributed by atoms with Crippen molar-refractivity contribution >= 4 is 0 Å². The molecule has 0 amide bonds. The Labute approximate surface area is 44.0 Å². The van der Waals surface area contributed by atoms with E-state index in [0.29, 0.717) is 6.42 Å². The summed E-state index contributed by atoms with van der Waals surface area (Å²) < 4.78 is 11.5. The number of halogens is 1. The van der Waals surface area contributed by atoms with Gasteiger partial charge in [-0.15, -0.1) is 0 Å². The highest BCUT2D eigenvalue weighted by Crippen LogP contribution is 1.93. The molecule has 0 unspecified atom stereocenters. The predicted molar refractivity (Wildman–Crippen MR) is 29.7 cm³/mol. The first kappa shape index (κ1) is 6.67. The van der Waals surface area contributed by atoms with Gasteiger partial charge in [-0.25, -0.2) is 4.39 Å². The van der Waals surface area contributed by atoms with Gasteiger partial charge in [0.15, 0.2) is 0 Å². The van der Waals surface area contributed by atoms with Crippen LogP contribution in [0, 0.1) is 6.92 Å². The Balaban J connectivity index is 3.29. The average Bonchev–Trinajstić information content (AvgIpc) is 1.68. The Morgan fingerprint density at radius 2 is 2.43 bits per heavy atom. The van der Waals surface area contributed by atoms with Crippen LogP contribution in [0.25, 0.3) is 0 Å². The summed E-state index contributed by atoms with van der Waals surface area (Å²) in [4.78, 5) is 0. The maximum atomic E-state index is 11.5. The van der Waals surface area contributed by atoms with Gasteiger partial charge in [0, 0.05) is 0 Å². The van der Waals surface area contributed by atoms with Gasteiger partial charge in [0.05, 0.1) is 0 Å². The van der Waals surface area contributed by atoms with E-state index in [1.807, 2.05) is 0 Å². The second-order valence-corrected chi connectivity index (χ2v) is 1.47. The monoisotopic (exact) mass is 101 g/mol. The zero-order valence-corrected chi connectivity index (χ0v) is 4.58. The smallest absolute Gasteiger partial charge is 0.110 e. The minimum atomic E-state index is -0.338. The normalized spacial score (nSPS) is 12.1. The third-order valence-corrected chi connectivity index (χ3v) is 0.704. The van der Waals surface area contributed by atoms with Gasteiger partial charge in [0.1, 0.15) is 6.67 Å². The first-order valence-electron chi connectivity index (χ1n) is 2.32. The first-order valence-corrected chi connectivity index (χ1v) is 2.32. The van der Waals surface area contributed by atoms with Crippen molar-refractivity contribution in [2.24, 2.45) is 0 Å². The maximum Gasteiger partial charge on any atom is 0.110 e. The van der Waals surface area contributed by atoms with Crippen molar-refractivity contribution in [3.63, 3.8) is 0 Å². The molecule has 0 spiro atoms. The summed E-state index contributed by atoms with van der Waals surface area (Å²) in [5.74, 6) is 0. The molecule has 0 saturated carbocycles. The molecule has 0 aromatic rings. The molecular formula is C6H10F. The summed E-state index contributed by atoms with van der Waals surface area (Å²) in [5, 5.41) is 0. The number of hydrogen-bond acceptors (Lipinski definition) is 0. The molecule has 0 saturated heterocycles. The lowest BCUT2D eigenvalue weighted by molar-refractivity contribution is 0.542. The zero-order chi connectivity index (χ0) is 5.70. The second kappa shape index (κ2) is 3.85. The topological polar surface area (TPSA) is 0 Å². The van der Waals surface area contributed by atoms with E-state index in [-0.39, 0.29) is 6.67 Å². The fourth-order valence-corrected chi connectivity index (χ4v) is 0.301. The van der Waals surface area contributed by atoms with Crippen LogP contribution in [0.2, 0.25) is 0 Å². The van der Waals surface area contributed by atoms with Gasteiger partial charge < -0.3 is 0 Å². The molecule has 0 aromatic carbocycles. The maximum absolute atomic E-state index is 11.5. The van der Waals surface area contributed by atoms with Crippen LogP contribution in [0.5, 0.6) is 0 Å². The summed E-state index contributed by atoms with van der Waals surface area (Å²) >= 11 is 0. The van der Waals surface area contributed by atoms with Crippen LogP contribution in [0.15, 0.2) is 11.6 Å². The van der Waals surface area contributed by atoms with E-state index < -0.39 is 0 Å². The van der Waals surface area contributed by atoms with Crippen molar-refractivity contribution in [1.29, 1.82) is 0 Å². The van der Waals surface area contributed by atoms with Crippen LogP contribution in [0.3, 0.4) is 0 Å². The molecule has 0 rings (SSSR count). The standard InChI is InChI=1S/C6H10F/c1-3-4-6(2)5-7/h4H,1,3,5H2,2H3. The van der Waals surface area contributed by atoms with Gasteiger partial charge in [0.2, 0.25) is 0 Å². The van der Waals surface area contributed by atoms with Crippen molar-refractivity contribution in [2.75, 3.05) is 6.67 Å². The number of allylic oxidation sites excluding steroid dienone is 2. The SMILES string of the molecule is [CH2]CC=C(C)CF. The van der Waals surface area contributed by atoms with E-state index in [0.717, 1.165) is 5.57 Å². The molecule has 0 aliphatic carbocycles. The van der Waals surface area contributed by atoms with E-state index in [9.17, 15) is 4.39 Å². The third-order valence-electron chi connectivity index (χ3n) is 0.704. The van der Waals surface area contributed by atoms with Gasteiger partial charge in [-0.05, 0) is 25.8 Å². The summed E-state index contributed by atoms with van der Waals surface area (Å²) in [6, 6.07) is 0. The highest BCUT2D eigenvalue weighted by molar-refractivity contribution is 4.97. The zero-order valence-electron chi connectivity index (χ0n) is 4.58. The molecule has 0 atom stereocenters. The highest BCUT2D eigenvalue weighted by atomic mass is 19.1. The van der Waals surface area contributed by atoms with Crippen molar-refractivity contribution < 1.29 is 4.39 Å². The minimum absolute atomic E-state index is 0.338. The van der Waals surface area contributed by atoms with Crippen LogP contribution in [0.4, 0.5) is 4.39 Å². The lowest BCUT2D eigenvalue weighted by atomic mass is 10.3. The van der Waals surface area contributed by atoms with Crippen molar-refractivity contribution in [3.05, 3.63) is 18.6 Å². The number of hydrogen-bond donors (Lipinski definition) is 0. The van der Waals surface area contributed by atoms with Crippen LogP contribution in [-0.2, 0) is 0 Å². The molecule has 0 fully saturated rings. The average molecular weight is 101 g/mol. The second-order valence-electron chi connectivity index (χ2n) is 1.47. The van der Waals surface area contributed by atoms with E-state index in [1.165, 1.54) is 0 Å². The van der Waals surface area contributed by atoms with Crippen molar-refractivity contribution in [1.82, 2.24) is 0 Å². The van der Waals surface area contributed by atoms with E-state index in [2.05, 4.69) is 6.92 Å². The molecule has 0 aliphatic rings. The molecule has 7 heavy (non-hydrogen) atoms. The Morgan fingerprint density at radius 3 is 2.57 bits per heavy atom. The Bertz CT molecular complexity index is 64.6. The van der Waals surface area contributed by atoms with Crippen LogP contribution >= 0.6 is 0 Å². The number of alkyl halides is 1. The fourth-order valence-electron chi connectivity index (χ4n) is 0.301. The van der Waals surface area contributed by atoms with Gasteiger partial charge in [-0.1, -0.05) is 6.08 Å². The molecule has 0 heterocycles. The van der Waals surface area contributed by atoms with Crippen molar-refractivity contribution in [3.8, 4) is 0 Å². The molecule has 0 bridgehead atoms. The summed E-state index contributed by atoms with van der Waals surface area (Å²) in [7, 11) is 0. The Morgan fingerprint density at radius 1 is 1.86 bits per heavy atom. The third kappa shape index (κ3) is 3.50. The summed E-state index contributed by atoms with van der Waals surface area (Å²) in [6.45, 7) is 4.95. The van der Waals surface area contributed by atoms with Crippen molar-refractivity contribution in [2.45, 2.75) is 13.3 Å². The predicted octanol–water partition coefficient (Wildman–Crippen LogP) is 2.13. The lowest BCUT2D eigenvalue weighted by Crippen LogP contribution is -1.74. The largest absolute Gasteiger partial charge is 0.246 e. The van der Waals surface area contributed by atoms with Crippen LogP contribution in [-0.4, -0.2) is 6.67 Å². The molecule has 0 nitrogen and oxygen atoms in total. The molecular weight excluding hydrogens is 91.1 g/mol. The molecule has 41 valence electrons. The molecule has 1 heteroatoms. The van der Waals surface area contributed by atoms with E-state index in [4.69, 9.17) is 0 Å². The van der Waals surface area contributed by atoms with Crippen LogP contribution < -0.4 is 0 Å². The van der Waals surface area contributed by atoms with Crippen LogP contribution in [0.1, 0.15) is 13.3 Å². The molecule has 0 aromatic heterocycles. The Kier molecular flexibility index (Phi) is 3.67. The fraction of sp³-hybridized carbons (Fsp3) is 0.500. The van der Waals surface area contributed by atoms with Gasteiger partial charge in [-0.3, -0.25) is 0 Å².